The Morgan fingerprint density at radius 2 is 2.24 bits per heavy atom. The minimum Gasteiger partial charge on any atom is -0.334 e. The third-order valence-electron chi connectivity index (χ3n) is 4.11. The molecule has 25 heavy (non-hydrogen) atoms. The van der Waals surface area contributed by atoms with Gasteiger partial charge in [0, 0.05) is 16.3 Å². The van der Waals surface area contributed by atoms with E-state index in [1.165, 1.54) is 11.3 Å². The number of nitrogens with zero attached hydrogens (tertiary/aromatic N) is 2. The molecule has 0 aromatic carbocycles. The zero-order chi connectivity index (χ0) is 18.0. The fourth-order valence-corrected chi connectivity index (χ4v) is 4.70. The van der Waals surface area contributed by atoms with Crippen molar-refractivity contribution < 1.29 is 14.0 Å². The molecule has 1 atom stereocenters. The molecule has 1 aliphatic heterocycles. The Morgan fingerprint density at radius 3 is 2.92 bits per heavy atom. The highest BCUT2D eigenvalue weighted by Gasteiger charge is 2.31. The van der Waals surface area contributed by atoms with Crippen molar-refractivity contribution in [2.24, 2.45) is 0 Å². The number of hydrogen-bond donors (Lipinski definition) is 2. The van der Waals surface area contributed by atoms with Crippen LogP contribution < -0.4 is 10.6 Å². The number of likely N-dealkylation sites (N-methyl/N-ethyl adjacent to an activating group) is 1. The average Bonchev–Trinajstić information content (AvgIpc) is 3.27. The number of nitrogens with one attached hydrogen (secondary N) is 2. The molecule has 0 aliphatic carbocycles. The van der Waals surface area contributed by atoms with Gasteiger partial charge < -0.3 is 10.2 Å². The van der Waals surface area contributed by atoms with Gasteiger partial charge in [0.2, 0.25) is 5.91 Å². The molecule has 1 aliphatic rings. The van der Waals surface area contributed by atoms with E-state index >= 15 is 0 Å². The highest BCUT2D eigenvalue weighted by molar-refractivity contribution is 7.14. The molecular weight excluding hydrogens is 363 g/mol. The van der Waals surface area contributed by atoms with Gasteiger partial charge in [0.1, 0.15) is 0 Å². The first-order chi connectivity index (χ1) is 12.0. The predicted molar refractivity (Wildman–Crippen MR) is 96.7 cm³/mol. The number of likely N-dealkylation sites (tertiary alicyclic amines) is 1. The van der Waals surface area contributed by atoms with Crippen molar-refractivity contribution in [2.75, 3.05) is 25.5 Å². The van der Waals surface area contributed by atoms with Gasteiger partial charge in [0.15, 0.2) is 10.3 Å². The zero-order valence-corrected chi connectivity index (χ0v) is 15.6. The van der Waals surface area contributed by atoms with E-state index in [0.29, 0.717) is 12.1 Å². The summed E-state index contributed by atoms with van der Waals surface area (Å²) in [6.45, 7) is 2.92. The van der Waals surface area contributed by atoms with Crippen molar-refractivity contribution in [1.82, 2.24) is 15.2 Å². The fourth-order valence-electron chi connectivity index (χ4n) is 2.99. The van der Waals surface area contributed by atoms with Gasteiger partial charge in [-0.25, -0.2) is 4.98 Å². The SMILES string of the molecule is CNCC(=O)N1CCCC1c1cc(C(=O)Nc2ncc(F)s2)c(C)s1. The number of thiazole rings is 1. The second-order valence-electron chi connectivity index (χ2n) is 5.82. The van der Waals surface area contributed by atoms with E-state index < -0.39 is 5.13 Å². The Kier molecular flexibility index (Phi) is 5.45. The van der Waals surface area contributed by atoms with Crippen LogP contribution in [0.15, 0.2) is 12.3 Å². The van der Waals surface area contributed by atoms with Gasteiger partial charge in [0.05, 0.1) is 24.3 Å². The molecule has 3 rings (SSSR count). The maximum Gasteiger partial charge on any atom is 0.258 e. The number of anilines is 1. The van der Waals surface area contributed by atoms with Crippen LogP contribution in [0.3, 0.4) is 0 Å². The Labute approximate surface area is 153 Å². The molecule has 0 spiro atoms. The van der Waals surface area contributed by atoms with E-state index in [1.54, 1.807) is 7.05 Å². The van der Waals surface area contributed by atoms with Crippen LogP contribution in [-0.2, 0) is 4.79 Å². The molecule has 1 saturated heterocycles. The quantitative estimate of drug-likeness (QED) is 0.834. The van der Waals surface area contributed by atoms with Crippen molar-refractivity contribution >= 4 is 39.6 Å². The smallest absolute Gasteiger partial charge is 0.258 e. The molecule has 3 heterocycles. The molecule has 2 N–H and O–H groups in total. The fraction of sp³-hybridized carbons (Fsp3) is 0.438. The number of aromatic nitrogens is 1. The molecule has 2 amide bonds. The first kappa shape index (κ1) is 18.0. The molecule has 2 aromatic heterocycles. The van der Waals surface area contributed by atoms with E-state index in [-0.39, 0.29) is 23.0 Å². The van der Waals surface area contributed by atoms with E-state index in [1.807, 2.05) is 17.9 Å². The summed E-state index contributed by atoms with van der Waals surface area (Å²) in [7, 11) is 1.75. The maximum absolute atomic E-state index is 13.0. The molecule has 2 aromatic rings. The third-order valence-corrected chi connectivity index (χ3v) is 5.96. The highest BCUT2D eigenvalue weighted by Crippen LogP contribution is 2.37. The van der Waals surface area contributed by atoms with Crippen LogP contribution in [0.5, 0.6) is 0 Å². The lowest BCUT2D eigenvalue weighted by molar-refractivity contribution is -0.131. The molecule has 134 valence electrons. The second-order valence-corrected chi connectivity index (χ2v) is 8.09. The van der Waals surface area contributed by atoms with Gasteiger partial charge in [-0.1, -0.05) is 11.3 Å². The van der Waals surface area contributed by atoms with Crippen molar-refractivity contribution in [1.29, 1.82) is 0 Å². The molecule has 9 heteroatoms. The largest absolute Gasteiger partial charge is 0.334 e. The summed E-state index contributed by atoms with van der Waals surface area (Å²) in [5, 5.41) is 5.31. The Balaban J connectivity index is 1.77. The summed E-state index contributed by atoms with van der Waals surface area (Å²) in [6, 6.07) is 1.86. The van der Waals surface area contributed by atoms with Gasteiger partial charge in [-0.15, -0.1) is 11.3 Å². The number of halogens is 1. The Morgan fingerprint density at radius 1 is 1.44 bits per heavy atom. The van der Waals surface area contributed by atoms with Crippen LogP contribution in [-0.4, -0.2) is 41.8 Å². The van der Waals surface area contributed by atoms with Crippen LogP contribution in [0.4, 0.5) is 9.52 Å². The topological polar surface area (TPSA) is 74.3 Å². The summed E-state index contributed by atoms with van der Waals surface area (Å²) in [5.74, 6) is -0.235. The van der Waals surface area contributed by atoms with Crippen LogP contribution >= 0.6 is 22.7 Å². The number of carbonyl (C=O) groups is 2. The first-order valence-electron chi connectivity index (χ1n) is 7.96. The molecule has 0 radical (unpaired) electrons. The van der Waals surface area contributed by atoms with Crippen LogP contribution in [0.2, 0.25) is 0 Å². The second kappa shape index (κ2) is 7.59. The number of carbonyl (C=O) groups excluding carboxylic acids is 2. The van der Waals surface area contributed by atoms with E-state index in [0.717, 1.165) is 46.7 Å². The minimum absolute atomic E-state index is 0.0170. The van der Waals surface area contributed by atoms with E-state index in [9.17, 15) is 14.0 Å². The zero-order valence-electron chi connectivity index (χ0n) is 14.0. The molecule has 0 bridgehead atoms. The number of amides is 2. The van der Waals surface area contributed by atoms with Gasteiger partial charge in [-0.05, 0) is 32.9 Å². The lowest BCUT2D eigenvalue weighted by Crippen LogP contribution is -2.36. The first-order valence-corrected chi connectivity index (χ1v) is 9.60. The van der Waals surface area contributed by atoms with Gasteiger partial charge >= 0.3 is 0 Å². The molecule has 1 unspecified atom stereocenters. The Bertz CT molecular complexity index is 789. The van der Waals surface area contributed by atoms with E-state index in [2.05, 4.69) is 15.6 Å². The lowest BCUT2D eigenvalue weighted by atomic mass is 10.1. The summed E-state index contributed by atoms with van der Waals surface area (Å²) in [4.78, 5) is 32.2. The standard InChI is InChI=1S/C16H19FN4O2S2/c1-9-10(15(23)20-16-19-7-13(17)25-16)6-12(24-9)11-4-3-5-21(11)14(22)8-18-2/h6-7,11,18H,3-5,8H2,1-2H3,(H,19,20,23). The number of aryl methyl sites for hydroxylation is 1. The summed E-state index contributed by atoms with van der Waals surface area (Å²) >= 11 is 2.32. The van der Waals surface area contributed by atoms with Crippen molar-refractivity contribution in [2.45, 2.75) is 25.8 Å². The average molecular weight is 382 g/mol. The van der Waals surface area contributed by atoms with Crippen molar-refractivity contribution in [3.8, 4) is 0 Å². The van der Waals surface area contributed by atoms with Gasteiger partial charge in [-0.2, -0.15) is 4.39 Å². The minimum atomic E-state index is -0.442. The Hall–Kier alpha value is -1.84. The lowest BCUT2D eigenvalue weighted by Gasteiger charge is -2.23. The molecule has 1 fully saturated rings. The molecule has 6 nitrogen and oxygen atoms in total. The predicted octanol–water partition coefficient (Wildman–Crippen LogP) is 2.79. The normalized spacial score (nSPS) is 17.1. The van der Waals surface area contributed by atoms with Crippen molar-refractivity contribution in [3.05, 3.63) is 32.7 Å². The number of rotatable bonds is 5. The third kappa shape index (κ3) is 3.88. The van der Waals surface area contributed by atoms with Gasteiger partial charge in [-0.3, -0.25) is 14.9 Å². The van der Waals surface area contributed by atoms with Gasteiger partial charge in [0.25, 0.3) is 5.91 Å². The van der Waals surface area contributed by atoms with Crippen molar-refractivity contribution in [3.63, 3.8) is 0 Å². The number of hydrogen-bond acceptors (Lipinski definition) is 6. The molecule has 0 saturated carbocycles. The summed E-state index contributed by atoms with van der Waals surface area (Å²) in [5.41, 5.74) is 0.545. The van der Waals surface area contributed by atoms with Crippen LogP contribution in [0.25, 0.3) is 0 Å². The van der Waals surface area contributed by atoms with Crippen LogP contribution in [0, 0.1) is 12.1 Å². The monoisotopic (exact) mass is 382 g/mol. The highest BCUT2D eigenvalue weighted by atomic mass is 32.1. The van der Waals surface area contributed by atoms with E-state index in [4.69, 9.17) is 0 Å². The summed E-state index contributed by atoms with van der Waals surface area (Å²) in [6.07, 6.45) is 2.93. The maximum atomic E-state index is 13.0. The molecular formula is C16H19FN4O2S2. The van der Waals surface area contributed by atoms with Crippen LogP contribution in [0.1, 0.15) is 39.0 Å². The summed E-state index contributed by atoms with van der Waals surface area (Å²) < 4.78 is 13.0. The number of thiophene rings is 1.